The summed E-state index contributed by atoms with van der Waals surface area (Å²) in [5.41, 5.74) is 1.16. The summed E-state index contributed by atoms with van der Waals surface area (Å²) in [5, 5.41) is 7.53. The fraction of sp³-hybridized carbons (Fsp3) is 0.241. The van der Waals surface area contributed by atoms with Crippen molar-refractivity contribution in [1.82, 2.24) is 15.6 Å². The zero-order chi connectivity index (χ0) is 25.6. The molecule has 5 rings (SSSR count). The number of anilines is 1. The first-order chi connectivity index (χ1) is 18.1. The summed E-state index contributed by atoms with van der Waals surface area (Å²) in [6.07, 6.45) is 8.57. The van der Waals surface area contributed by atoms with Crippen molar-refractivity contribution in [2.75, 3.05) is 11.4 Å². The Hall–Kier alpha value is -4.46. The van der Waals surface area contributed by atoms with Crippen molar-refractivity contribution in [3.8, 4) is 0 Å². The number of fused-ring (bicyclic) bond motifs is 1. The summed E-state index contributed by atoms with van der Waals surface area (Å²) in [4.78, 5) is 46.0. The zero-order valence-electron chi connectivity index (χ0n) is 20.3. The van der Waals surface area contributed by atoms with Gasteiger partial charge >= 0.3 is 0 Å². The van der Waals surface area contributed by atoms with Crippen molar-refractivity contribution >= 4 is 34.2 Å². The Balaban J connectivity index is 1.55. The summed E-state index contributed by atoms with van der Waals surface area (Å²) in [7, 11) is 0. The summed E-state index contributed by atoms with van der Waals surface area (Å²) in [6.45, 7) is -0.323. The Bertz CT molecular complexity index is 1380. The summed E-state index contributed by atoms with van der Waals surface area (Å²) in [5.74, 6) is -1.12. The number of carbonyl (C=O) groups excluding carboxylic acids is 3. The largest absolute Gasteiger partial charge is 0.459 e. The van der Waals surface area contributed by atoms with Crippen molar-refractivity contribution in [3.05, 3.63) is 96.7 Å². The molecule has 188 valence electrons. The van der Waals surface area contributed by atoms with Gasteiger partial charge in [0.05, 0.1) is 18.5 Å². The third-order valence-corrected chi connectivity index (χ3v) is 6.65. The average Bonchev–Trinajstić information content (AvgIpc) is 3.65. The third kappa shape index (κ3) is 5.38. The molecule has 2 aromatic carbocycles. The summed E-state index contributed by atoms with van der Waals surface area (Å²) >= 11 is 0. The predicted octanol–water partition coefficient (Wildman–Crippen LogP) is 4.39. The Morgan fingerprint density at radius 1 is 0.973 bits per heavy atom. The minimum Gasteiger partial charge on any atom is -0.459 e. The molecule has 2 heterocycles. The zero-order valence-corrected chi connectivity index (χ0v) is 20.3. The third-order valence-electron chi connectivity index (χ3n) is 6.65. The highest BCUT2D eigenvalue weighted by Crippen LogP contribution is 2.34. The molecule has 8 heteroatoms. The molecule has 1 fully saturated rings. The standard InChI is InChI=1S/C29H28N4O4/c34-26(19-31-28(35)25-15-7-17-37-25)33(24-14-5-9-20-8-1-4-13-23(20)24)27(21-10-6-16-30-18-21)29(36)32-22-11-2-3-12-22/h1,4-10,13-18,22,27H,2-3,11-12,19H2,(H,31,35)(H,32,36). The topological polar surface area (TPSA) is 105 Å². The van der Waals surface area contributed by atoms with Crippen LogP contribution in [0.25, 0.3) is 10.8 Å². The maximum atomic E-state index is 13.9. The molecule has 1 aliphatic rings. The quantitative estimate of drug-likeness (QED) is 0.377. The van der Waals surface area contributed by atoms with Crippen LogP contribution < -0.4 is 15.5 Å². The fourth-order valence-corrected chi connectivity index (χ4v) is 4.88. The smallest absolute Gasteiger partial charge is 0.287 e. The molecular formula is C29H28N4O4. The Morgan fingerprint density at radius 3 is 2.54 bits per heavy atom. The van der Waals surface area contributed by atoms with Crippen LogP contribution in [0.5, 0.6) is 0 Å². The van der Waals surface area contributed by atoms with Gasteiger partial charge in [-0.2, -0.15) is 0 Å². The molecule has 2 aromatic heterocycles. The number of pyridine rings is 1. The van der Waals surface area contributed by atoms with Crippen LogP contribution in [0.15, 0.2) is 89.8 Å². The second-order valence-corrected chi connectivity index (χ2v) is 9.10. The van der Waals surface area contributed by atoms with Gasteiger partial charge in [0.2, 0.25) is 11.8 Å². The molecule has 0 aliphatic heterocycles. The van der Waals surface area contributed by atoms with Crippen LogP contribution in [-0.4, -0.2) is 35.3 Å². The number of hydrogen-bond acceptors (Lipinski definition) is 5. The number of hydrogen-bond donors (Lipinski definition) is 2. The lowest BCUT2D eigenvalue weighted by molar-refractivity contribution is -0.126. The van der Waals surface area contributed by atoms with Crippen LogP contribution in [0, 0.1) is 0 Å². The SMILES string of the molecule is O=C(NCC(=O)N(c1cccc2ccccc12)C(C(=O)NC1CCCC1)c1cccnc1)c1ccco1. The number of nitrogens with one attached hydrogen (secondary N) is 2. The van der Waals surface area contributed by atoms with Crippen molar-refractivity contribution < 1.29 is 18.8 Å². The highest BCUT2D eigenvalue weighted by molar-refractivity contribution is 6.09. The van der Waals surface area contributed by atoms with Crippen LogP contribution in [0.1, 0.15) is 47.8 Å². The average molecular weight is 497 g/mol. The van der Waals surface area contributed by atoms with E-state index >= 15 is 0 Å². The Kier molecular flexibility index (Phi) is 7.26. The van der Waals surface area contributed by atoms with E-state index in [2.05, 4.69) is 15.6 Å². The van der Waals surface area contributed by atoms with E-state index in [9.17, 15) is 14.4 Å². The molecule has 4 aromatic rings. The molecule has 37 heavy (non-hydrogen) atoms. The molecule has 1 unspecified atom stereocenters. The van der Waals surface area contributed by atoms with Crippen LogP contribution in [0.4, 0.5) is 5.69 Å². The first-order valence-corrected chi connectivity index (χ1v) is 12.4. The van der Waals surface area contributed by atoms with Crippen molar-refractivity contribution in [2.24, 2.45) is 0 Å². The Morgan fingerprint density at radius 2 is 1.78 bits per heavy atom. The maximum absolute atomic E-state index is 13.9. The number of carbonyl (C=O) groups is 3. The van der Waals surface area contributed by atoms with Crippen molar-refractivity contribution in [3.63, 3.8) is 0 Å². The fourth-order valence-electron chi connectivity index (χ4n) is 4.88. The summed E-state index contributed by atoms with van der Waals surface area (Å²) in [6, 6.07) is 19.1. The van der Waals surface area contributed by atoms with Gasteiger partial charge in [0.1, 0.15) is 6.04 Å². The van der Waals surface area contributed by atoms with Crippen molar-refractivity contribution in [1.29, 1.82) is 0 Å². The predicted molar refractivity (Wildman–Crippen MR) is 140 cm³/mol. The molecule has 1 aliphatic carbocycles. The summed E-state index contributed by atoms with van der Waals surface area (Å²) < 4.78 is 5.15. The number of rotatable bonds is 8. The van der Waals surface area contributed by atoms with E-state index in [1.165, 1.54) is 17.2 Å². The molecule has 0 radical (unpaired) electrons. The van der Waals surface area contributed by atoms with Gasteiger partial charge in [0.25, 0.3) is 5.91 Å². The number of furan rings is 1. The van der Waals surface area contributed by atoms with E-state index in [1.54, 1.807) is 30.6 Å². The second-order valence-electron chi connectivity index (χ2n) is 9.10. The van der Waals surface area contributed by atoms with Gasteiger partial charge in [0, 0.05) is 29.4 Å². The van der Waals surface area contributed by atoms with Gasteiger partial charge in [0.15, 0.2) is 5.76 Å². The first kappa shape index (κ1) is 24.2. The molecule has 0 spiro atoms. The molecule has 8 nitrogen and oxygen atoms in total. The van der Waals surface area contributed by atoms with E-state index in [1.807, 2.05) is 42.5 Å². The highest BCUT2D eigenvalue weighted by Gasteiger charge is 2.35. The molecule has 0 bridgehead atoms. The van der Waals surface area contributed by atoms with E-state index in [4.69, 9.17) is 4.42 Å². The van der Waals surface area contributed by atoms with E-state index < -0.39 is 17.9 Å². The number of benzene rings is 2. The van der Waals surface area contributed by atoms with Gasteiger partial charge in [-0.3, -0.25) is 24.3 Å². The molecular weight excluding hydrogens is 468 g/mol. The molecule has 1 atom stereocenters. The van der Waals surface area contributed by atoms with Crippen molar-refractivity contribution in [2.45, 2.75) is 37.8 Å². The van der Waals surface area contributed by atoms with E-state index in [0.29, 0.717) is 11.3 Å². The van der Waals surface area contributed by atoms with Crippen LogP contribution in [0.3, 0.4) is 0 Å². The number of nitrogens with zero attached hydrogens (tertiary/aromatic N) is 2. The van der Waals surface area contributed by atoms with Gasteiger partial charge < -0.3 is 15.1 Å². The molecule has 0 saturated heterocycles. The number of aromatic nitrogens is 1. The second kappa shape index (κ2) is 11.1. The lowest BCUT2D eigenvalue weighted by Gasteiger charge is -2.33. The van der Waals surface area contributed by atoms with Crippen LogP contribution in [-0.2, 0) is 9.59 Å². The normalized spacial score (nSPS) is 14.3. The number of amides is 3. The van der Waals surface area contributed by atoms with Gasteiger partial charge in [-0.1, -0.05) is 55.3 Å². The lowest BCUT2D eigenvalue weighted by atomic mass is 10.0. The lowest BCUT2D eigenvalue weighted by Crippen LogP contribution is -2.49. The van der Waals surface area contributed by atoms with Gasteiger partial charge in [-0.05, 0) is 42.5 Å². The Labute approximate surface area is 214 Å². The maximum Gasteiger partial charge on any atom is 0.287 e. The minimum atomic E-state index is -0.979. The highest BCUT2D eigenvalue weighted by atomic mass is 16.3. The van der Waals surface area contributed by atoms with Gasteiger partial charge in [-0.15, -0.1) is 0 Å². The van der Waals surface area contributed by atoms with Crippen LogP contribution >= 0.6 is 0 Å². The molecule has 3 amide bonds. The first-order valence-electron chi connectivity index (χ1n) is 12.4. The molecule has 2 N–H and O–H groups in total. The minimum absolute atomic E-state index is 0.0646. The monoisotopic (exact) mass is 496 g/mol. The van der Waals surface area contributed by atoms with Crippen LogP contribution in [0.2, 0.25) is 0 Å². The molecule has 1 saturated carbocycles. The van der Waals surface area contributed by atoms with E-state index in [0.717, 1.165) is 36.5 Å². The van der Waals surface area contributed by atoms with Gasteiger partial charge in [-0.25, -0.2) is 0 Å². The van der Waals surface area contributed by atoms with E-state index in [-0.39, 0.29) is 24.3 Å².